The van der Waals surface area contributed by atoms with Crippen LogP contribution in [0.1, 0.15) is 15.9 Å². The first kappa shape index (κ1) is 15.9. The van der Waals surface area contributed by atoms with Gasteiger partial charge >= 0.3 is 0 Å². The Labute approximate surface area is 128 Å². The number of carbonyl (C=O) groups is 1. The Morgan fingerprint density at radius 1 is 1.05 bits per heavy atom. The van der Waals surface area contributed by atoms with Crippen molar-refractivity contribution in [2.45, 2.75) is 6.42 Å². The molecule has 0 radical (unpaired) electrons. The Kier molecular flexibility index (Phi) is 5.09. The zero-order valence-electron chi connectivity index (χ0n) is 12.6. The van der Waals surface area contributed by atoms with Gasteiger partial charge in [0, 0.05) is 31.9 Å². The molecule has 2 rings (SSSR count). The van der Waals surface area contributed by atoms with Gasteiger partial charge in [-0.1, -0.05) is 6.07 Å². The number of amides is 1. The Balaban J connectivity index is 1.88. The number of benzene rings is 2. The largest absolute Gasteiger partial charge is 0.378 e. The molecule has 2 aromatic carbocycles. The van der Waals surface area contributed by atoms with E-state index in [4.69, 9.17) is 0 Å². The second-order valence-corrected chi connectivity index (χ2v) is 5.20. The van der Waals surface area contributed by atoms with Crippen LogP contribution < -0.4 is 10.2 Å². The second-order valence-electron chi connectivity index (χ2n) is 5.20. The first-order valence-electron chi connectivity index (χ1n) is 6.97. The number of carbonyl (C=O) groups excluding carboxylic acids is 1. The van der Waals surface area contributed by atoms with Crippen LogP contribution in [0.5, 0.6) is 0 Å². The van der Waals surface area contributed by atoms with Gasteiger partial charge < -0.3 is 10.2 Å². The maximum absolute atomic E-state index is 13.1. The predicted octanol–water partition coefficient (Wildman–Crippen LogP) is 3.00. The summed E-state index contributed by atoms with van der Waals surface area (Å²) in [5.74, 6) is -1.93. The molecular weight excluding hydrogens is 286 g/mol. The summed E-state index contributed by atoms with van der Waals surface area (Å²) in [6.07, 6.45) is 0.443. The molecule has 22 heavy (non-hydrogen) atoms. The van der Waals surface area contributed by atoms with Crippen molar-refractivity contribution in [2.24, 2.45) is 0 Å². The van der Waals surface area contributed by atoms with Crippen LogP contribution in [-0.4, -0.2) is 26.5 Å². The van der Waals surface area contributed by atoms with Crippen LogP contribution in [0.3, 0.4) is 0 Å². The lowest BCUT2D eigenvalue weighted by Gasteiger charge is -2.12. The van der Waals surface area contributed by atoms with E-state index >= 15 is 0 Å². The van der Waals surface area contributed by atoms with E-state index < -0.39 is 11.6 Å². The van der Waals surface area contributed by atoms with Gasteiger partial charge in [0.05, 0.1) is 0 Å². The minimum atomic E-state index is -0.872. The average molecular weight is 304 g/mol. The van der Waals surface area contributed by atoms with Gasteiger partial charge in [-0.25, -0.2) is 8.78 Å². The van der Waals surface area contributed by atoms with Crippen molar-refractivity contribution >= 4 is 11.6 Å². The molecule has 2 aromatic rings. The molecule has 0 atom stereocenters. The summed E-state index contributed by atoms with van der Waals surface area (Å²) in [4.78, 5) is 13.9. The highest BCUT2D eigenvalue weighted by Gasteiger charge is 2.06. The van der Waals surface area contributed by atoms with E-state index in [1.54, 1.807) is 12.1 Å². The van der Waals surface area contributed by atoms with Crippen LogP contribution >= 0.6 is 0 Å². The summed E-state index contributed by atoms with van der Waals surface area (Å²) < 4.78 is 25.9. The first-order chi connectivity index (χ1) is 10.5. The number of hydrogen-bond donors (Lipinski definition) is 1. The molecule has 1 N–H and O–H groups in total. The fourth-order valence-electron chi connectivity index (χ4n) is 2.03. The fraction of sp³-hybridized carbons (Fsp3) is 0.235. The van der Waals surface area contributed by atoms with Crippen LogP contribution in [0, 0.1) is 11.6 Å². The lowest BCUT2D eigenvalue weighted by Crippen LogP contribution is -2.25. The standard InChI is InChI=1S/C17H18F2N2O/c1-21(2)14-6-4-13(5-7-14)17(22)20-10-9-12-3-8-15(18)16(19)11-12/h3-8,11H,9-10H2,1-2H3,(H,20,22). The average Bonchev–Trinajstić information content (AvgIpc) is 2.51. The lowest BCUT2D eigenvalue weighted by atomic mass is 10.1. The van der Waals surface area contributed by atoms with Gasteiger partial charge in [-0.05, 0) is 48.4 Å². The molecule has 1 amide bonds. The molecule has 0 heterocycles. The molecule has 0 aromatic heterocycles. The molecule has 0 aliphatic heterocycles. The number of anilines is 1. The smallest absolute Gasteiger partial charge is 0.251 e. The van der Waals surface area contributed by atoms with Crippen molar-refractivity contribution in [1.29, 1.82) is 0 Å². The van der Waals surface area contributed by atoms with Gasteiger partial charge in [-0.2, -0.15) is 0 Å². The highest BCUT2D eigenvalue weighted by atomic mass is 19.2. The van der Waals surface area contributed by atoms with E-state index in [9.17, 15) is 13.6 Å². The Hall–Kier alpha value is -2.43. The van der Waals surface area contributed by atoms with Gasteiger partial charge in [0.1, 0.15) is 0 Å². The maximum Gasteiger partial charge on any atom is 0.251 e. The van der Waals surface area contributed by atoms with Crippen molar-refractivity contribution in [1.82, 2.24) is 5.32 Å². The van der Waals surface area contributed by atoms with Gasteiger partial charge in [0.25, 0.3) is 5.91 Å². The summed E-state index contributed by atoms with van der Waals surface area (Å²) >= 11 is 0. The van der Waals surface area contributed by atoms with Crippen LogP contribution in [0.4, 0.5) is 14.5 Å². The Morgan fingerprint density at radius 2 is 1.73 bits per heavy atom. The lowest BCUT2D eigenvalue weighted by molar-refractivity contribution is 0.0954. The fourth-order valence-corrected chi connectivity index (χ4v) is 2.03. The molecule has 0 aliphatic rings. The topological polar surface area (TPSA) is 32.3 Å². The number of halogens is 2. The number of nitrogens with zero attached hydrogens (tertiary/aromatic N) is 1. The molecule has 0 unspecified atom stereocenters. The maximum atomic E-state index is 13.1. The molecule has 0 saturated heterocycles. The molecule has 0 aliphatic carbocycles. The third-order valence-electron chi connectivity index (χ3n) is 3.33. The third kappa shape index (κ3) is 4.04. The highest BCUT2D eigenvalue weighted by molar-refractivity contribution is 5.94. The molecule has 116 valence electrons. The minimum Gasteiger partial charge on any atom is -0.378 e. The highest BCUT2D eigenvalue weighted by Crippen LogP contribution is 2.12. The molecular formula is C17H18F2N2O. The van der Waals surface area contributed by atoms with Gasteiger partial charge in [-0.15, -0.1) is 0 Å². The first-order valence-corrected chi connectivity index (χ1v) is 6.97. The quantitative estimate of drug-likeness (QED) is 0.921. The third-order valence-corrected chi connectivity index (χ3v) is 3.33. The minimum absolute atomic E-state index is 0.187. The Bertz CT molecular complexity index is 654. The van der Waals surface area contributed by atoms with Crippen molar-refractivity contribution in [3.63, 3.8) is 0 Å². The van der Waals surface area contributed by atoms with Crippen LogP contribution in [0.15, 0.2) is 42.5 Å². The van der Waals surface area contributed by atoms with Gasteiger partial charge in [-0.3, -0.25) is 4.79 Å². The van der Waals surface area contributed by atoms with Crippen molar-refractivity contribution in [3.05, 3.63) is 65.2 Å². The molecule has 0 saturated carbocycles. The molecule has 0 fully saturated rings. The van der Waals surface area contributed by atoms with E-state index in [2.05, 4.69) is 5.32 Å². The van der Waals surface area contributed by atoms with E-state index in [0.29, 0.717) is 24.1 Å². The molecule has 3 nitrogen and oxygen atoms in total. The second kappa shape index (κ2) is 7.02. The summed E-state index contributed by atoms with van der Waals surface area (Å²) in [6.45, 7) is 0.360. The number of nitrogens with one attached hydrogen (secondary N) is 1. The zero-order valence-corrected chi connectivity index (χ0v) is 12.6. The van der Waals surface area contributed by atoms with Gasteiger partial charge in [0.15, 0.2) is 11.6 Å². The van der Waals surface area contributed by atoms with Crippen molar-refractivity contribution < 1.29 is 13.6 Å². The van der Waals surface area contributed by atoms with Gasteiger partial charge in [0.2, 0.25) is 0 Å². The number of rotatable bonds is 5. The van der Waals surface area contributed by atoms with E-state index in [-0.39, 0.29) is 5.91 Å². The van der Waals surface area contributed by atoms with E-state index in [1.807, 2.05) is 31.1 Å². The number of hydrogen-bond acceptors (Lipinski definition) is 2. The molecule has 0 bridgehead atoms. The molecule has 5 heteroatoms. The Morgan fingerprint density at radius 3 is 2.32 bits per heavy atom. The van der Waals surface area contributed by atoms with E-state index in [0.717, 1.165) is 17.8 Å². The van der Waals surface area contributed by atoms with Crippen molar-refractivity contribution in [3.8, 4) is 0 Å². The van der Waals surface area contributed by atoms with Crippen LogP contribution in [-0.2, 0) is 6.42 Å². The summed E-state index contributed by atoms with van der Waals surface area (Å²) in [6, 6.07) is 11.0. The SMILES string of the molecule is CN(C)c1ccc(C(=O)NCCc2ccc(F)c(F)c2)cc1. The monoisotopic (exact) mass is 304 g/mol. The summed E-state index contributed by atoms with van der Waals surface area (Å²) in [5, 5.41) is 2.76. The summed E-state index contributed by atoms with van der Waals surface area (Å²) in [5.41, 5.74) is 2.22. The van der Waals surface area contributed by atoms with Crippen molar-refractivity contribution in [2.75, 3.05) is 25.5 Å². The summed E-state index contributed by atoms with van der Waals surface area (Å²) in [7, 11) is 3.85. The zero-order chi connectivity index (χ0) is 16.1. The van der Waals surface area contributed by atoms with E-state index in [1.165, 1.54) is 6.07 Å². The van der Waals surface area contributed by atoms with Crippen LogP contribution in [0.2, 0.25) is 0 Å². The van der Waals surface area contributed by atoms with Crippen LogP contribution in [0.25, 0.3) is 0 Å². The molecule has 0 spiro atoms. The normalized spacial score (nSPS) is 10.4. The predicted molar refractivity (Wildman–Crippen MR) is 83.2 cm³/mol.